The van der Waals surface area contributed by atoms with Crippen molar-refractivity contribution in [3.63, 3.8) is 0 Å². The Balaban J connectivity index is 1.79. The number of nitrogens with zero attached hydrogens (tertiary/aromatic N) is 2. The van der Waals surface area contributed by atoms with E-state index in [0.29, 0.717) is 6.04 Å². The van der Waals surface area contributed by atoms with Gasteiger partial charge in [0.15, 0.2) is 0 Å². The molecule has 0 amide bonds. The van der Waals surface area contributed by atoms with Crippen LogP contribution in [0.5, 0.6) is 0 Å². The molecule has 20 heavy (non-hydrogen) atoms. The molecule has 3 rings (SSSR count). The van der Waals surface area contributed by atoms with E-state index in [-0.39, 0.29) is 0 Å². The smallest absolute Gasteiger partial charge is 0.208 e. The standard InChI is InChI=1S/C16H20N2OS/c1-12-13(2)19-16(17-12)10-18-8-9-20-11-15(18)14-6-4-3-5-7-14/h3-7,15H,8-11H2,1-2H3/t15-/m0/s1. The van der Waals surface area contributed by atoms with Gasteiger partial charge in [0.1, 0.15) is 5.76 Å². The lowest BCUT2D eigenvalue weighted by molar-refractivity contribution is 0.191. The highest BCUT2D eigenvalue weighted by Gasteiger charge is 2.25. The summed E-state index contributed by atoms with van der Waals surface area (Å²) >= 11 is 2.03. The van der Waals surface area contributed by atoms with Crippen LogP contribution in [-0.2, 0) is 6.54 Å². The van der Waals surface area contributed by atoms with Gasteiger partial charge < -0.3 is 4.42 Å². The Morgan fingerprint density at radius 1 is 1.30 bits per heavy atom. The fraction of sp³-hybridized carbons (Fsp3) is 0.438. The minimum absolute atomic E-state index is 0.461. The lowest BCUT2D eigenvalue weighted by atomic mass is 10.1. The molecule has 1 aromatic carbocycles. The average molecular weight is 288 g/mol. The topological polar surface area (TPSA) is 29.3 Å². The van der Waals surface area contributed by atoms with Gasteiger partial charge in [-0.1, -0.05) is 30.3 Å². The van der Waals surface area contributed by atoms with Crippen molar-refractivity contribution >= 4 is 11.8 Å². The number of rotatable bonds is 3. The lowest BCUT2D eigenvalue weighted by Crippen LogP contribution is -2.35. The second-order valence-electron chi connectivity index (χ2n) is 5.22. The molecular formula is C16H20N2OS. The average Bonchev–Trinajstić information content (AvgIpc) is 2.79. The van der Waals surface area contributed by atoms with Crippen LogP contribution in [0.3, 0.4) is 0 Å². The molecular weight excluding hydrogens is 268 g/mol. The largest absolute Gasteiger partial charge is 0.444 e. The van der Waals surface area contributed by atoms with Crippen LogP contribution in [0.2, 0.25) is 0 Å². The predicted molar refractivity (Wildman–Crippen MR) is 82.9 cm³/mol. The van der Waals surface area contributed by atoms with E-state index in [2.05, 4.69) is 40.2 Å². The van der Waals surface area contributed by atoms with Gasteiger partial charge in [-0.05, 0) is 19.4 Å². The van der Waals surface area contributed by atoms with Crippen LogP contribution < -0.4 is 0 Å². The first-order valence-corrected chi connectivity index (χ1v) is 8.19. The first-order valence-electron chi connectivity index (χ1n) is 7.03. The van der Waals surface area contributed by atoms with Gasteiger partial charge in [-0.25, -0.2) is 4.98 Å². The van der Waals surface area contributed by atoms with Gasteiger partial charge in [-0.3, -0.25) is 4.90 Å². The second-order valence-corrected chi connectivity index (χ2v) is 6.37. The quantitative estimate of drug-likeness (QED) is 0.863. The van der Waals surface area contributed by atoms with Crippen LogP contribution in [0, 0.1) is 13.8 Å². The molecule has 4 heteroatoms. The van der Waals surface area contributed by atoms with Crippen molar-refractivity contribution in [3.8, 4) is 0 Å². The minimum atomic E-state index is 0.461. The Morgan fingerprint density at radius 3 is 2.80 bits per heavy atom. The summed E-state index contributed by atoms with van der Waals surface area (Å²) in [4.78, 5) is 7.00. The van der Waals surface area contributed by atoms with Crippen molar-refractivity contribution in [2.45, 2.75) is 26.4 Å². The summed E-state index contributed by atoms with van der Waals surface area (Å²) < 4.78 is 5.74. The number of oxazole rings is 1. The van der Waals surface area contributed by atoms with E-state index in [1.807, 2.05) is 25.6 Å². The SMILES string of the molecule is Cc1nc(CN2CCSC[C@H]2c2ccccc2)oc1C. The van der Waals surface area contributed by atoms with Crippen molar-refractivity contribution in [1.29, 1.82) is 0 Å². The van der Waals surface area contributed by atoms with Gasteiger partial charge >= 0.3 is 0 Å². The first kappa shape index (κ1) is 13.7. The van der Waals surface area contributed by atoms with Crippen molar-refractivity contribution in [2.75, 3.05) is 18.1 Å². The van der Waals surface area contributed by atoms with E-state index in [0.717, 1.165) is 36.2 Å². The van der Waals surface area contributed by atoms with Crippen LogP contribution in [0.15, 0.2) is 34.7 Å². The molecule has 106 valence electrons. The number of hydrogen-bond acceptors (Lipinski definition) is 4. The molecule has 1 aromatic heterocycles. The van der Waals surface area contributed by atoms with Gasteiger partial charge in [0.2, 0.25) is 5.89 Å². The number of benzene rings is 1. The normalized spacial score (nSPS) is 20.2. The zero-order valence-corrected chi connectivity index (χ0v) is 12.8. The molecule has 3 nitrogen and oxygen atoms in total. The molecule has 0 spiro atoms. The maximum atomic E-state index is 5.74. The summed E-state index contributed by atoms with van der Waals surface area (Å²) in [7, 11) is 0. The zero-order chi connectivity index (χ0) is 13.9. The summed E-state index contributed by atoms with van der Waals surface area (Å²) in [5.74, 6) is 4.10. The van der Waals surface area contributed by atoms with Crippen molar-refractivity contribution in [1.82, 2.24) is 9.88 Å². The summed E-state index contributed by atoms with van der Waals surface area (Å²) in [6.45, 7) is 5.87. The summed E-state index contributed by atoms with van der Waals surface area (Å²) in [5.41, 5.74) is 2.39. The molecule has 0 N–H and O–H groups in total. The van der Waals surface area contributed by atoms with Gasteiger partial charge in [0.25, 0.3) is 0 Å². The molecule has 1 saturated heterocycles. The maximum Gasteiger partial charge on any atom is 0.208 e. The second kappa shape index (κ2) is 6.02. The third-order valence-corrected chi connectivity index (χ3v) is 4.86. The number of hydrogen-bond donors (Lipinski definition) is 0. The first-order chi connectivity index (χ1) is 9.74. The molecule has 0 bridgehead atoms. The monoisotopic (exact) mass is 288 g/mol. The van der Waals surface area contributed by atoms with Crippen LogP contribution in [0.25, 0.3) is 0 Å². The van der Waals surface area contributed by atoms with Gasteiger partial charge in [0, 0.05) is 24.1 Å². The zero-order valence-electron chi connectivity index (χ0n) is 12.0. The van der Waals surface area contributed by atoms with Crippen LogP contribution in [0.1, 0.15) is 29.0 Å². The number of aromatic nitrogens is 1. The van der Waals surface area contributed by atoms with Crippen molar-refractivity contribution in [2.24, 2.45) is 0 Å². The predicted octanol–water partition coefficient (Wildman–Crippen LogP) is 3.58. The Morgan fingerprint density at radius 2 is 2.10 bits per heavy atom. The molecule has 2 heterocycles. The Bertz CT molecular complexity index is 548. The van der Waals surface area contributed by atoms with Crippen molar-refractivity contribution < 1.29 is 4.42 Å². The summed E-state index contributed by atoms with van der Waals surface area (Å²) in [6, 6.07) is 11.2. The van der Waals surface area contributed by atoms with Gasteiger partial charge in [0.05, 0.1) is 12.2 Å². The van der Waals surface area contributed by atoms with Gasteiger partial charge in [-0.15, -0.1) is 0 Å². The molecule has 0 radical (unpaired) electrons. The van der Waals surface area contributed by atoms with E-state index >= 15 is 0 Å². The minimum Gasteiger partial charge on any atom is -0.444 e. The third kappa shape index (κ3) is 2.91. The fourth-order valence-corrected chi connectivity index (χ4v) is 3.75. The van der Waals surface area contributed by atoms with E-state index in [4.69, 9.17) is 4.42 Å². The highest BCUT2D eigenvalue weighted by atomic mass is 32.2. The van der Waals surface area contributed by atoms with E-state index in [9.17, 15) is 0 Å². The van der Waals surface area contributed by atoms with E-state index < -0.39 is 0 Å². The van der Waals surface area contributed by atoms with E-state index in [1.165, 1.54) is 11.3 Å². The third-order valence-electron chi connectivity index (χ3n) is 3.83. The Labute approximate surface area is 124 Å². The number of thioether (sulfide) groups is 1. The van der Waals surface area contributed by atoms with E-state index in [1.54, 1.807) is 0 Å². The molecule has 1 atom stereocenters. The molecule has 0 aliphatic carbocycles. The summed E-state index contributed by atoms with van der Waals surface area (Å²) in [5, 5.41) is 0. The van der Waals surface area contributed by atoms with Gasteiger partial charge in [-0.2, -0.15) is 11.8 Å². The molecule has 0 saturated carbocycles. The summed E-state index contributed by atoms with van der Waals surface area (Å²) in [6.07, 6.45) is 0. The molecule has 1 aliphatic heterocycles. The fourth-order valence-electron chi connectivity index (χ4n) is 2.59. The highest BCUT2D eigenvalue weighted by molar-refractivity contribution is 7.99. The lowest BCUT2D eigenvalue weighted by Gasteiger charge is -2.34. The molecule has 0 unspecified atom stereocenters. The van der Waals surface area contributed by atoms with Crippen LogP contribution >= 0.6 is 11.8 Å². The molecule has 1 aliphatic rings. The Hall–Kier alpha value is -1.26. The highest BCUT2D eigenvalue weighted by Crippen LogP contribution is 2.30. The number of aryl methyl sites for hydroxylation is 2. The molecule has 2 aromatic rings. The molecule has 1 fully saturated rings. The Kier molecular flexibility index (Phi) is 4.13. The maximum absolute atomic E-state index is 5.74. The van der Waals surface area contributed by atoms with Crippen molar-refractivity contribution in [3.05, 3.63) is 53.2 Å². The van der Waals surface area contributed by atoms with Crippen LogP contribution in [0.4, 0.5) is 0 Å². The van der Waals surface area contributed by atoms with Crippen LogP contribution in [-0.4, -0.2) is 27.9 Å².